The van der Waals surface area contributed by atoms with E-state index in [4.69, 9.17) is 22.1 Å². The van der Waals surface area contributed by atoms with Crippen LogP contribution in [0.25, 0.3) is 0 Å². The number of nitrogens with two attached hydrogens (primary N) is 1. The van der Waals surface area contributed by atoms with Crippen LogP contribution >= 0.6 is 11.6 Å². The second-order valence-corrected chi connectivity index (χ2v) is 4.92. The van der Waals surface area contributed by atoms with Gasteiger partial charge in [0.1, 0.15) is 12.1 Å². The van der Waals surface area contributed by atoms with Crippen LogP contribution in [0.4, 0.5) is 0 Å². The number of rotatable bonds is 0. The summed E-state index contributed by atoms with van der Waals surface area (Å²) in [6.45, 7) is 0.587. The zero-order valence-corrected chi connectivity index (χ0v) is 9.63. The Morgan fingerprint density at radius 1 is 1.44 bits per heavy atom. The quantitative estimate of drug-likeness (QED) is 0.748. The lowest BCUT2D eigenvalue weighted by Gasteiger charge is -2.30. The molecule has 2 aliphatic rings. The van der Waals surface area contributed by atoms with Gasteiger partial charge in [-0.1, -0.05) is 23.7 Å². The molecule has 0 aromatic heterocycles. The fourth-order valence-electron chi connectivity index (χ4n) is 2.55. The molecule has 1 aliphatic carbocycles. The van der Waals surface area contributed by atoms with E-state index in [9.17, 15) is 0 Å². The Morgan fingerprint density at radius 2 is 2.31 bits per heavy atom. The van der Waals surface area contributed by atoms with E-state index in [0.29, 0.717) is 12.6 Å². The van der Waals surface area contributed by atoms with E-state index in [1.165, 1.54) is 11.1 Å². The van der Waals surface area contributed by atoms with Crippen molar-refractivity contribution < 1.29 is 4.74 Å². The molecule has 2 N–H and O–H groups in total. The Hall–Kier alpha value is -1.22. The van der Waals surface area contributed by atoms with Gasteiger partial charge in [-0.15, -0.1) is 0 Å². The van der Waals surface area contributed by atoms with E-state index in [1.54, 1.807) is 0 Å². The number of hydrogen-bond donors (Lipinski definition) is 1. The number of halogens is 1. The van der Waals surface area contributed by atoms with Crippen molar-refractivity contribution in [2.24, 2.45) is 10.7 Å². The first-order chi connectivity index (χ1) is 7.69. The van der Waals surface area contributed by atoms with Crippen molar-refractivity contribution in [2.45, 2.75) is 24.8 Å². The van der Waals surface area contributed by atoms with E-state index in [2.05, 4.69) is 11.1 Å². The summed E-state index contributed by atoms with van der Waals surface area (Å²) in [5, 5.41) is 0.831. The van der Waals surface area contributed by atoms with Gasteiger partial charge in [-0.25, -0.2) is 4.99 Å². The van der Waals surface area contributed by atoms with Gasteiger partial charge in [0, 0.05) is 11.4 Å². The van der Waals surface area contributed by atoms with Gasteiger partial charge in [-0.05, 0) is 30.0 Å². The highest BCUT2D eigenvalue weighted by Gasteiger charge is 2.39. The summed E-state index contributed by atoms with van der Waals surface area (Å²) in [7, 11) is 0. The first-order valence-electron chi connectivity index (χ1n) is 5.43. The summed E-state index contributed by atoms with van der Waals surface area (Å²) in [4.78, 5) is 4.43. The predicted octanol–water partition coefficient (Wildman–Crippen LogP) is 1.91. The van der Waals surface area contributed by atoms with E-state index < -0.39 is 0 Å². The molecule has 0 saturated heterocycles. The molecule has 0 bridgehead atoms. The molecule has 1 atom stereocenters. The number of nitrogens with zero attached hydrogens (tertiary/aromatic N) is 1. The second kappa shape index (κ2) is 3.39. The minimum Gasteiger partial charge on any atom is -0.463 e. The molecule has 1 aromatic rings. The van der Waals surface area contributed by atoms with Crippen molar-refractivity contribution in [1.29, 1.82) is 0 Å². The van der Waals surface area contributed by atoms with Gasteiger partial charge in [-0.3, -0.25) is 0 Å². The van der Waals surface area contributed by atoms with Gasteiger partial charge in [-0.2, -0.15) is 0 Å². The third-order valence-electron chi connectivity index (χ3n) is 3.42. The molecule has 0 fully saturated rings. The van der Waals surface area contributed by atoms with Crippen LogP contribution in [0.15, 0.2) is 23.2 Å². The number of aliphatic imine (C=N–C) groups is 1. The highest BCUT2D eigenvalue weighted by Crippen LogP contribution is 2.37. The molecule has 4 heteroatoms. The molecule has 0 unspecified atom stereocenters. The summed E-state index contributed by atoms with van der Waals surface area (Å²) in [5.41, 5.74) is 7.97. The minimum absolute atomic E-state index is 0.165. The molecule has 84 valence electrons. The average molecular weight is 237 g/mol. The highest BCUT2D eigenvalue weighted by molar-refractivity contribution is 6.31. The zero-order valence-electron chi connectivity index (χ0n) is 8.87. The molecular weight excluding hydrogens is 224 g/mol. The lowest BCUT2D eigenvalue weighted by Crippen LogP contribution is -2.35. The Balaban J connectivity index is 2.00. The van der Waals surface area contributed by atoms with Gasteiger partial charge in [0.25, 0.3) is 6.02 Å². The largest absolute Gasteiger partial charge is 0.463 e. The first kappa shape index (κ1) is 9.97. The maximum Gasteiger partial charge on any atom is 0.282 e. The maximum atomic E-state index is 6.22. The van der Waals surface area contributed by atoms with Gasteiger partial charge in [0.15, 0.2) is 0 Å². The Morgan fingerprint density at radius 3 is 3.06 bits per heavy atom. The molecule has 3 nitrogen and oxygen atoms in total. The van der Waals surface area contributed by atoms with Crippen LogP contribution in [0.1, 0.15) is 17.5 Å². The number of aryl methyl sites for hydroxylation is 1. The smallest absolute Gasteiger partial charge is 0.282 e. The van der Waals surface area contributed by atoms with Crippen LogP contribution < -0.4 is 5.73 Å². The fraction of sp³-hybridized carbons (Fsp3) is 0.417. The lowest BCUT2D eigenvalue weighted by molar-refractivity contribution is 0.235. The van der Waals surface area contributed by atoms with Crippen LogP contribution in [0.2, 0.25) is 5.02 Å². The molecular formula is C12H13ClN2O. The number of benzene rings is 1. The lowest BCUT2D eigenvalue weighted by atomic mass is 9.79. The second-order valence-electron chi connectivity index (χ2n) is 4.52. The summed E-state index contributed by atoms with van der Waals surface area (Å²) >= 11 is 6.22. The molecule has 0 radical (unpaired) electrons. The normalized spacial score (nSPS) is 27.4. The topological polar surface area (TPSA) is 47.6 Å². The van der Waals surface area contributed by atoms with Gasteiger partial charge < -0.3 is 10.5 Å². The molecule has 0 amide bonds. The summed E-state index contributed by atoms with van der Waals surface area (Å²) < 4.78 is 5.29. The Bertz CT molecular complexity index is 472. The maximum absolute atomic E-state index is 6.22. The molecule has 1 aromatic carbocycles. The zero-order chi connectivity index (χ0) is 11.2. The van der Waals surface area contributed by atoms with Crippen molar-refractivity contribution in [1.82, 2.24) is 0 Å². The summed E-state index contributed by atoms with van der Waals surface area (Å²) in [6, 6.07) is 6.39. The first-order valence-corrected chi connectivity index (χ1v) is 5.81. The van der Waals surface area contributed by atoms with Crippen molar-refractivity contribution in [3.05, 3.63) is 34.3 Å². The molecule has 1 heterocycles. The molecule has 16 heavy (non-hydrogen) atoms. The third-order valence-corrected chi connectivity index (χ3v) is 3.77. The van der Waals surface area contributed by atoms with Crippen LogP contribution in [-0.4, -0.2) is 18.2 Å². The SMILES string of the molecule is NC1=N[C@]2(CCc3cccc(Cl)c3C2)CO1. The predicted molar refractivity (Wildman–Crippen MR) is 63.8 cm³/mol. The summed E-state index contributed by atoms with van der Waals surface area (Å²) in [6.07, 6.45) is 2.82. The van der Waals surface area contributed by atoms with Crippen LogP contribution in [0.5, 0.6) is 0 Å². The van der Waals surface area contributed by atoms with Crippen LogP contribution in [0, 0.1) is 0 Å². The Labute approximate surface area is 99.3 Å². The molecule has 0 saturated carbocycles. The van der Waals surface area contributed by atoms with Crippen LogP contribution in [0.3, 0.4) is 0 Å². The van der Waals surface area contributed by atoms with E-state index in [0.717, 1.165) is 24.3 Å². The van der Waals surface area contributed by atoms with E-state index in [-0.39, 0.29) is 5.54 Å². The van der Waals surface area contributed by atoms with Gasteiger partial charge >= 0.3 is 0 Å². The van der Waals surface area contributed by atoms with Crippen molar-refractivity contribution in [3.63, 3.8) is 0 Å². The van der Waals surface area contributed by atoms with Gasteiger partial charge in [0.05, 0.1) is 0 Å². The average Bonchev–Trinajstić information content (AvgIpc) is 2.62. The monoisotopic (exact) mass is 236 g/mol. The minimum atomic E-state index is -0.165. The Kier molecular flexibility index (Phi) is 2.11. The van der Waals surface area contributed by atoms with Gasteiger partial charge in [0.2, 0.25) is 0 Å². The summed E-state index contributed by atoms with van der Waals surface area (Å²) in [5.74, 6) is 0. The fourth-order valence-corrected chi connectivity index (χ4v) is 2.81. The van der Waals surface area contributed by atoms with Crippen molar-refractivity contribution in [2.75, 3.05) is 6.61 Å². The highest BCUT2D eigenvalue weighted by atomic mass is 35.5. The number of ether oxygens (including phenoxy) is 1. The van der Waals surface area contributed by atoms with Crippen molar-refractivity contribution >= 4 is 17.6 Å². The number of fused-ring (bicyclic) bond motifs is 1. The van der Waals surface area contributed by atoms with E-state index >= 15 is 0 Å². The third kappa shape index (κ3) is 1.47. The number of hydrogen-bond acceptors (Lipinski definition) is 3. The molecule has 1 spiro atoms. The standard InChI is InChI=1S/C12H13ClN2O/c13-10-3-1-2-8-4-5-12(6-9(8)10)7-16-11(14)15-12/h1-3H,4-7H2,(H2,14,15)/t12-/m0/s1. The molecule has 3 rings (SSSR count). The molecule has 1 aliphatic heterocycles. The number of amidine groups is 1. The van der Waals surface area contributed by atoms with E-state index in [1.807, 2.05) is 12.1 Å². The van der Waals surface area contributed by atoms with Crippen LogP contribution in [-0.2, 0) is 17.6 Å². The van der Waals surface area contributed by atoms with Crippen molar-refractivity contribution in [3.8, 4) is 0 Å².